The molecule has 1 aliphatic rings. The molecule has 0 aliphatic carbocycles. The number of fused-ring (bicyclic) bond motifs is 1. The van der Waals surface area contributed by atoms with Gasteiger partial charge in [0.25, 0.3) is 5.91 Å². The maximum atomic E-state index is 12.7. The SMILES string of the molecule is Cc1noc(C)c1CC(=O)OC(C)C(=O)N1CC(=O)Nc2ccccc21. The molecule has 2 aromatic rings. The van der Waals surface area contributed by atoms with Gasteiger partial charge in [0.05, 0.1) is 23.5 Å². The van der Waals surface area contributed by atoms with Crippen molar-refractivity contribution in [1.82, 2.24) is 5.16 Å². The fraction of sp³-hybridized carbons (Fsp3) is 0.333. The Balaban J connectivity index is 1.70. The number of anilines is 2. The fourth-order valence-electron chi connectivity index (χ4n) is 2.84. The van der Waals surface area contributed by atoms with E-state index in [9.17, 15) is 14.4 Å². The Morgan fingerprint density at radius 2 is 2.08 bits per heavy atom. The minimum absolute atomic E-state index is 0.0319. The molecule has 1 aromatic heterocycles. The Morgan fingerprint density at radius 3 is 2.77 bits per heavy atom. The summed E-state index contributed by atoms with van der Waals surface area (Å²) >= 11 is 0. The van der Waals surface area contributed by atoms with E-state index in [1.54, 1.807) is 38.1 Å². The molecule has 0 spiro atoms. The smallest absolute Gasteiger partial charge is 0.311 e. The van der Waals surface area contributed by atoms with E-state index in [1.807, 2.05) is 0 Å². The molecule has 26 heavy (non-hydrogen) atoms. The first-order valence-corrected chi connectivity index (χ1v) is 8.18. The Bertz CT molecular complexity index is 854. The maximum Gasteiger partial charge on any atom is 0.311 e. The molecule has 0 radical (unpaired) electrons. The topological polar surface area (TPSA) is 102 Å². The van der Waals surface area contributed by atoms with E-state index in [0.717, 1.165) is 0 Å². The van der Waals surface area contributed by atoms with Crippen molar-refractivity contribution in [2.24, 2.45) is 0 Å². The van der Waals surface area contributed by atoms with Gasteiger partial charge in [0.2, 0.25) is 5.91 Å². The van der Waals surface area contributed by atoms with Gasteiger partial charge in [-0.2, -0.15) is 0 Å². The Morgan fingerprint density at radius 1 is 1.35 bits per heavy atom. The predicted octanol–water partition coefficient (Wildman–Crippen LogP) is 1.75. The number of ether oxygens (including phenoxy) is 1. The second kappa shape index (κ2) is 6.99. The first-order valence-electron chi connectivity index (χ1n) is 8.18. The maximum absolute atomic E-state index is 12.7. The third kappa shape index (κ3) is 3.44. The zero-order valence-electron chi connectivity index (χ0n) is 14.7. The molecule has 1 N–H and O–H groups in total. The number of amides is 2. The number of esters is 1. The molecule has 0 saturated heterocycles. The molecule has 136 valence electrons. The summed E-state index contributed by atoms with van der Waals surface area (Å²) in [6.07, 6.45) is -1.06. The highest BCUT2D eigenvalue weighted by Crippen LogP contribution is 2.29. The van der Waals surface area contributed by atoms with Gasteiger partial charge in [-0.1, -0.05) is 17.3 Å². The van der Waals surface area contributed by atoms with Gasteiger partial charge in [-0.25, -0.2) is 0 Å². The lowest BCUT2D eigenvalue weighted by atomic mass is 10.1. The first-order chi connectivity index (χ1) is 12.4. The van der Waals surface area contributed by atoms with E-state index in [2.05, 4.69) is 10.5 Å². The first kappa shape index (κ1) is 17.7. The van der Waals surface area contributed by atoms with Gasteiger partial charge < -0.3 is 14.6 Å². The van der Waals surface area contributed by atoms with Crippen molar-refractivity contribution in [2.75, 3.05) is 16.8 Å². The highest BCUT2D eigenvalue weighted by Gasteiger charge is 2.31. The van der Waals surface area contributed by atoms with Crippen LogP contribution in [0.15, 0.2) is 28.8 Å². The van der Waals surface area contributed by atoms with Crippen molar-refractivity contribution in [3.05, 3.63) is 41.3 Å². The molecular weight excluding hydrogens is 338 g/mol. The summed E-state index contributed by atoms with van der Waals surface area (Å²) in [7, 11) is 0. The van der Waals surface area contributed by atoms with Gasteiger partial charge in [-0.15, -0.1) is 0 Å². The summed E-state index contributed by atoms with van der Waals surface area (Å²) < 4.78 is 10.3. The minimum Gasteiger partial charge on any atom is -0.452 e. The Labute approximate surface area is 150 Å². The van der Waals surface area contributed by atoms with Crippen LogP contribution < -0.4 is 10.2 Å². The number of aryl methyl sites for hydroxylation is 2. The highest BCUT2D eigenvalue weighted by molar-refractivity contribution is 6.11. The number of aromatic nitrogens is 1. The molecule has 1 atom stereocenters. The van der Waals surface area contributed by atoms with Crippen molar-refractivity contribution in [3.63, 3.8) is 0 Å². The summed E-state index contributed by atoms with van der Waals surface area (Å²) in [5.74, 6) is -0.777. The zero-order valence-corrected chi connectivity index (χ0v) is 14.7. The van der Waals surface area contributed by atoms with E-state index in [-0.39, 0.29) is 18.9 Å². The third-order valence-electron chi connectivity index (χ3n) is 4.20. The standard InChI is InChI=1S/C18H19N3O5/c1-10-13(11(2)26-20-10)8-17(23)25-12(3)18(24)21-9-16(22)19-14-6-4-5-7-15(14)21/h4-7,12H,8-9H2,1-3H3,(H,19,22). The van der Waals surface area contributed by atoms with Crippen LogP contribution in [0.5, 0.6) is 0 Å². The van der Waals surface area contributed by atoms with Gasteiger partial charge in [0.1, 0.15) is 12.3 Å². The lowest BCUT2D eigenvalue weighted by Gasteiger charge is -2.30. The van der Waals surface area contributed by atoms with Crippen molar-refractivity contribution in [3.8, 4) is 0 Å². The van der Waals surface area contributed by atoms with Crippen LogP contribution in [-0.2, 0) is 25.5 Å². The fourth-order valence-corrected chi connectivity index (χ4v) is 2.84. The minimum atomic E-state index is -1.03. The molecular formula is C18H19N3O5. The van der Waals surface area contributed by atoms with Gasteiger partial charge in [0.15, 0.2) is 6.10 Å². The van der Waals surface area contributed by atoms with E-state index >= 15 is 0 Å². The average molecular weight is 357 g/mol. The molecule has 0 saturated carbocycles. The van der Waals surface area contributed by atoms with Crippen LogP contribution in [0.3, 0.4) is 0 Å². The number of nitrogens with zero attached hydrogens (tertiary/aromatic N) is 2. The number of hydrogen-bond donors (Lipinski definition) is 1. The number of hydrogen-bond acceptors (Lipinski definition) is 6. The van der Waals surface area contributed by atoms with Crippen molar-refractivity contribution in [1.29, 1.82) is 0 Å². The molecule has 8 heteroatoms. The molecule has 0 bridgehead atoms. The number of rotatable bonds is 4. The largest absolute Gasteiger partial charge is 0.452 e. The van der Waals surface area contributed by atoms with Gasteiger partial charge in [0, 0.05) is 5.56 Å². The Hall–Kier alpha value is -3.16. The molecule has 1 unspecified atom stereocenters. The van der Waals surface area contributed by atoms with Crippen molar-refractivity contribution in [2.45, 2.75) is 33.3 Å². The summed E-state index contributed by atoms with van der Waals surface area (Å²) in [4.78, 5) is 38.1. The molecule has 8 nitrogen and oxygen atoms in total. The van der Waals surface area contributed by atoms with E-state index in [4.69, 9.17) is 9.26 Å². The van der Waals surface area contributed by atoms with Gasteiger partial charge in [-0.3, -0.25) is 19.3 Å². The third-order valence-corrected chi connectivity index (χ3v) is 4.20. The molecule has 2 heterocycles. The van der Waals surface area contributed by atoms with Crippen LogP contribution in [-0.4, -0.2) is 35.6 Å². The van der Waals surface area contributed by atoms with Crippen molar-refractivity contribution < 1.29 is 23.6 Å². The van der Waals surface area contributed by atoms with Gasteiger partial charge >= 0.3 is 5.97 Å². The van der Waals surface area contributed by atoms with Crippen LogP contribution in [0.1, 0.15) is 23.9 Å². The second-order valence-electron chi connectivity index (χ2n) is 6.10. The lowest BCUT2D eigenvalue weighted by molar-refractivity contribution is -0.153. The average Bonchev–Trinajstić information content (AvgIpc) is 2.92. The summed E-state index contributed by atoms with van der Waals surface area (Å²) in [6, 6.07) is 6.97. The van der Waals surface area contributed by atoms with Crippen molar-refractivity contribution >= 4 is 29.2 Å². The van der Waals surface area contributed by atoms with Crippen LogP contribution in [0.4, 0.5) is 11.4 Å². The number of carbonyl (C=O) groups excluding carboxylic acids is 3. The van der Waals surface area contributed by atoms with E-state index < -0.39 is 18.0 Å². The predicted molar refractivity (Wildman–Crippen MR) is 92.7 cm³/mol. The Kier molecular flexibility index (Phi) is 4.75. The number of benzene rings is 1. The van der Waals surface area contributed by atoms with Crippen LogP contribution >= 0.6 is 0 Å². The van der Waals surface area contributed by atoms with E-state index in [0.29, 0.717) is 28.4 Å². The summed E-state index contributed by atoms with van der Waals surface area (Å²) in [5, 5.41) is 6.50. The highest BCUT2D eigenvalue weighted by atomic mass is 16.5. The second-order valence-corrected chi connectivity index (χ2v) is 6.10. The number of carbonyl (C=O) groups is 3. The number of nitrogens with one attached hydrogen (secondary N) is 1. The molecule has 1 aromatic carbocycles. The van der Waals surface area contributed by atoms with Crippen LogP contribution in [0.2, 0.25) is 0 Å². The monoisotopic (exact) mass is 357 g/mol. The number of para-hydroxylation sites is 2. The van der Waals surface area contributed by atoms with E-state index in [1.165, 1.54) is 11.8 Å². The molecule has 0 fully saturated rings. The summed E-state index contributed by atoms with van der Waals surface area (Å²) in [5.41, 5.74) is 2.38. The quantitative estimate of drug-likeness (QED) is 0.837. The normalized spacial score (nSPS) is 14.4. The summed E-state index contributed by atoms with van der Waals surface area (Å²) in [6.45, 7) is 4.81. The van der Waals surface area contributed by atoms with Crippen LogP contribution in [0.25, 0.3) is 0 Å². The van der Waals surface area contributed by atoms with Crippen LogP contribution in [0, 0.1) is 13.8 Å². The zero-order chi connectivity index (χ0) is 18.8. The lowest BCUT2D eigenvalue weighted by Crippen LogP contribution is -2.47. The molecule has 2 amide bonds. The molecule has 1 aliphatic heterocycles. The van der Waals surface area contributed by atoms with Gasteiger partial charge in [-0.05, 0) is 32.9 Å². The molecule has 3 rings (SSSR count).